The Morgan fingerprint density at radius 2 is 2.10 bits per heavy atom. The molecule has 1 aromatic carbocycles. The van der Waals surface area contributed by atoms with Crippen molar-refractivity contribution in [2.75, 3.05) is 6.54 Å². The smallest absolute Gasteiger partial charge is 0.271 e. The molecule has 0 spiro atoms. The number of hydrogen-bond donors (Lipinski definition) is 2. The molecule has 3 N–H and O–H groups in total. The number of nitro benzene ring substituents is 1. The number of primary sulfonamides is 1. The standard InChI is InChI=1S/C12H15N3O5S/c1-7-10(12(16)14-6-8-2-3-8)4-9(15(17)18)5-11(7)21(13,19)20/h4-5,8H,2-3,6H2,1H3,(H,14,16)(H2,13,19,20). The van der Waals surface area contributed by atoms with Crippen LogP contribution in [0, 0.1) is 23.0 Å². The molecule has 1 aliphatic carbocycles. The molecule has 0 atom stereocenters. The Balaban J connectivity index is 2.44. The fourth-order valence-corrected chi connectivity index (χ4v) is 2.79. The number of hydrogen-bond acceptors (Lipinski definition) is 5. The van der Waals surface area contributed by atoms with Gasteiger partial charge in [-0.3, -0.25) is 14.9 Å². The predicted octanol–water partition coefficient (Wildman–Crippen LogP) is 0.690. The fourth-order valence-electron chi connectivity index (χ4n) is 1.96. The number of carbonyl (C=O) groups excluding carboxylic acids is 1. The van der Waals surface area contributed by atoms with E-state index in [0.717, 1.165) is 25.0 Å². The first kappa shape index (κ1) is 15.4. The van der Waals surface area contributed by atoms with Crippen molar-refractivity contribution < 1.29 is 18.1 Å². The molecule has 0 bridgehead atoms. The van der Waals surface area contributed by atoms with Gasteiger partial charge in [0.2, 0.25) is 10.0 Å². The zero-order chi connectivity index (χ0) is 15.8. The summed E-state index contributed by atoms with van der Waals surface area (Å²) in [5.74, 6) is -0.0985. The first-order valence-electron chi connectivity index (χ1n) is 6.30. The number of benzene rings is 1. The molecule has 114 valence electrons. The third-order valence-corrected chi connectivity index (χ3v) is 4.39. The molecule has 0 radical (unpaired) electrons. The molecule has 0 saturated heterocycles. The third-order valence-electron chi connectivity index (χ3n) is 3.35. The van der Waals surface area contributed by atoms with Gasteiger partial charge in [-0.1, -0.05) is 0 Å². The molecule has 8 nitrogen and oxygen atoms in total. The Morgan fingerprint density at radius 3 is 2.57 bits per heavy atom. The Hall–Kier alpha value is -2.00. The van der Waals surface area contributed by atoms with Gasteiger partial charge in [0.25, 0.3) is 11.6 Å². The summed E-state index contributed by atoms with van der Waals surface area (Å²) >= 11 is 0. The Kier molecular flexibility index (Phi) is 3.97. The van der Waals surface area contributed by atoms with Crippen LogP contribution in [0.5, 0.6) is 0 Å². The number of sulfonamides is 1. The second-order valence-corrected chi connectivity index (χ2v) is 6.60. The van der Waals surface area contributed by atoms with Crippen LogP contribution in [0.25, 0.3) is 0 Å². The lowest BCUT2D eigenvalue weighted by atomic mass is 10.1. The van der Waals surface area contributed by atoms with Crippen LogP contribution in [0.4, 0.5) is 5.69 Å². The van der Waals surface area contributed by atoms with Crippen LogP contribution in [0.15, 0.2) is 17.0 Å². The molecule has 0 aliphatic heterocycles. The Bertz CT molecular complexity index is 710. The van der Waals surface area contributed by atoms with Crippen molar-refractivity contribution in [3.8, 4) is 0 Å². The molecule has 0 heterocycles. The van der Waals surface area contributed by atoms with E-state index in [9.17, 15) is 23.3 Å². The second-order valence-electron chi connectivity index (χ2n) is 5.07. The maximum atomic E-state index is 12.1. The van der Waals surface area contributed by atoms with Gasteiger partial charge in [-0.25, -0.2) is 13.6 Å². The van der Waals surface area contributed by atoms with Crippen molar-refractivity contribution in [3.63, 3.8) is 0 Å². The van der Waals surface area contributed by atoms with Crippen molar-refractivity contribution in [1.29, 1.82) is 0 Å². The Morgan fingerprint density at radius 1 is 1.48 bits per heavy atom. The molecule has 0 aromatic heterocycles. The summed E-state index contributed by atoms with van der Waals surface area (Å²) in [5, 5.41) is 18.6. The highest BCUT2D eigenvalue weighted by Crippen LogP contribution is 2.28. The van der Waals surface area contributed by atoms with E-state index < -0.39 is 31.4 Å². The maximum Gasteiger partial charge on any atom is 0.271 e. The minimum absolute atomic E-state index is 0.0473. The molecule has 9 heteroatoms. The van der Waals surface area contributed by atoms with E-state index in [0.29, 0.717) is 12.5 Å². The van der Waals surface area contributed by atoms with Crippen LogP contribution in [-0.4, -0.2) is 25.8 Å². The molecular formula is C12H15N3O5S. The summed E-state index contributed by atoms with van der Waals surface area (Å²) < 4.78 is 23.0. The van der Waals surface area contributed by atoms with Gasteiger partial charge in [-0.15, -0.1) is 0 Å². The average Bonchev–Trinajstić information content (AvgIpc) is 3.18. The van der Waals surface area contributed by atoms with Crippen LogP contribution in [0.1, 0.15) is 28.8 Å². The Labute approximate surface area is 121 Å². The topological polar surface area (TPSA) is 132 Å². The summed E-state index contributed by atoms with van der Waals surface area (Å²) in [6.45, 7) is 1.88. The largest absolute Gasteiger partial charge is 0.352 e. The van der Waals surface area contributed by atoms with Crippen molar-refractivity contribution >= 4 is 21.6 Å². The summed E-state index contributed by atoms with van der Waals surface area (Å²) in [5.41, 5.74) is -0.425. The predicted molar refractivity (Wildman–Crippen MR) is 74.3 cm³/mol. The number of non-ortho nitro benzene ring substituents is 1. The highest BCUT2D eigenvalue weighted by Gasteiger charge is 2.26. The minimum atomic E-state index is -4.15. The van der Waals surface area contributed by atoms with E-state index in [-0.39, 0.29) is 11.1 Å². The lowest BCUT2D eigenvalue weighted by Gasteiger charge is -2.10. The molecule has 1 aromatic rings. The maximum absolute atomic E-state index is 12.1. The number of carbonyl (C=O) groups is 1. The van der Waals surface area contributed by atoms with Gasteiger partial charge in [0, 0.05) is 18.7 Å². The molecular weight excluding hydrogens is 298 g/mol. The fraction of sp³-hybridized carbons (Fsp3) is 0.417. The summed E-state index contributed by atoms with van der Waals surface area (Å²) in [6.07, 6.45) is 2.08. The highest BCUT2D eigenvalue weighted by molar-refractivity contribution is 7.89. The van der Waals surface area contributed by atoms with Crippen LogP contribution in [0.3, 0.4) is 0 Å². The molecule has 2 rings (SSSR count). The molecule has 1 fully saturated rings. The first-order chi connectivity index (χ1) is 9.70. The van der Waals surface area contributed by atoms with Crippen molar-refractivity contribution in [2.45, 2.75) is 24.7 Å². The van der Waals surface area contributed by atoms with Gasteiger partial charge in [-0.2, -0.15) is 0 Å². The summed E-state index contributed by atoms with van der Waals surface area (Å²) in [4.78, 5) is 21.8. The van der Waals surface area contributed by atoms with E-state index in [4.69, 9.17) is 5.14 Å². The number of nitro groups is 1. The lowest BCUT2D eigenvalue weighted by molar-refractivity contribution is -0.385. The van der Waals surface area contributed by atoms with Crippen molar-refractivity contribution in [3.05, 3.63) is 33.4 Å². The molecule has 21 heavy (non-hydrogen) atoms. The van der Waals surface area contributed by atoms with E-state index in [1.807, 2.05) is 0 Å². The van der Waals surface area contributed by atoms with E-state index in [2.05, 4.69) is 5.32 Å². The van der Waals surface area contributed by atoms with E-state index >= 15 is 0 Å². The van der Waals surface area contributed by atoms with Gasteiger partial charge >= 0.3 is 0 Å². The van der Waals surface area contributed by atoms with Gasteiger partial charge in [0.1, 0.15) is 0 Å². The molecule has 1 saturated carbocycles. The van der Waals surface area contributed by atoms with Crippen LogP contribution < -0.4 is 10.5 Å². The summed E-state index contributed by atoms with van der Waals surface area (Å²) in [6, 6.07) is 1.93. The third kappa shape index (κ3) is 3.56. The number of rotatable bonds is 5. The molecule has 0 unspecified atom stereocenters. The van der Waals surface area contributed by atoms with Gasteiger partial charge < -0.3 is 5.32 Å². The molecule has 1 amide bonds. The normalized spacial score (nSPS) is 14.8. The van der Waals surface area contributed by atoms with Crippen LogP contribution in [-0.2, 0) is 10.0 Å². The minimum Gasteiger partial charge on any atom is -0.352 e. The number of amides is 1. The van der Waals surface area contributed by atoms with Gasteiger partial charge in [0.05, 0.1) is 15.4 Å². The van der Waals surface area contributed by atoms with Crippen LogP contribution >= 0.6 is 0 Å². The lowest BCUT2D eigenvalue weighted by Crippen LogP contribution is -2.27. The van der Waals surface area contributed by atoms with E-state index in [1.165, 1.54) is 6.92 Å². The highest BCUT2D eigenvalue weighted by atomic mass is 32.2. The van der Waals surface area contributed by atoms with Crippen molar-refractivity contribution in [2.24, 2.45) is 11.1 Å². The number of nitrogens with zero attached hydrogens (tertiary/aromatic N) is 1. The second kappa shape index (κ2) is 5.41. The summed E-state index contributed by atoms with van der Waals surface area (Å²) in [7, 11) is -4.15. The molecule has 1 aliphatic rings. The van der Waals surface area contributed by atoms with Gasteiger partial charge in [0.15, 0.2) is 0 Å². The average molecular weight is 313 g/mol. The number of nitrogens with two attached hydrogens (primary N) is 1. The van der Waals surface area contributed by atoms with E-state index in [1.54, 1.807) is 0 Å². The quantitative estimate of drug-likeness (QED) is 0.609. The zero-order valence-corrected chi connectivity index (χ0v) is 12.1. The van der Waals surface area contributed by atoms with Crippen molar-refractivity contribution in [1.82, 2.24) is 5.32 Å². The SMILES string of the molecule is Cc1c(C(=O)NCC2CC2)cc([N+](=O)[O-])cc1S(N)(=O)=O. The zero-order valence-electron chi connectivity index (χ0n) is 11.3. The monoisotopic (exact) mass is 313 g/mol. The van der Waals surface area contributed by atoms with Gasteiger partial charge in [-0.05, 0) is 31.2 Å². The number of nitrogens with one attached hydrogen (secondary N) is 1. The first-order valence-corrected chi connectivity index (χ1v) is 7.85. The van der Waals surface area contributed by atoms with Crippen LogP contribution in [0.2, 0.25) is 0 Å².